The molecule has 0 radical (unpaired) electrons. The second-order valence-corrected chi connectivity index (χ2v) is 4.72. The number of carbonyl (C=O) groups excluding carboxylic acids is 1. The molecule has 1 amide bonds. The van der Waals surface area contributed by atoms with E-state index in [4.69, 9.17) is 0 Å². The van der Waals surface area contributed by atoms with Crippen LogP contribution in [0.5, 0.6) is 0 Å². The number of nitrogens with zero attached hydrogens (tertiary/aromatic N) is 1. The molecule has 0 fully saturated rings. The number of nitrogens with one attached hydrogen (secondary N) is 1. The maximum absolute atomic E-state index is 13.2. The lowest BCUT2D eigenvalue weighted by Crippen LogP contribution is -2.34. The third kappa shape index (κ3) is 3.05. The summed E-state index contributed by atoms with van der Waals surface area (Å²) in [4.78, 5) is 28.3. The fourth-order valence-electron chi connectivity index (χ4n) is 2.16. The van der Waals surface area contributed by atoms with E-state index in [0.717, 1.165) is 12.1 Å². The smallest absolute Gasteiger partial charge is 0.261 e. The van der Waals surface area contributed by atoms with Crippen LogP contribution in [-0.4, -0.2) is 28.9 Å². The Bertz CT molecular complexity index is 752. The van der Waals surface area contributed by atoms with Crippen LogP contribution < -0.4 is 5.56 Å². The Morgan fingerprint density at radius 3 is 2.32 bits per heavy atom. The van der Waals surface area contributed by atoms with Gasteiger partial charge in [-0.2, -0.15) is 0 Å². The van der Waals surface area contributed by atoms with Crippen molar-refractivity contribution in [2.24, 2.45) is 0 Å². The van der Waals surface area contributed by atoms with Crippen molar-refractivity contribution in [3.63, 3.8) is 0 Å². The van der Waals surface area contributed by atoms with E-state index < -0.39 is 17.2 Å². The molecule has 0 unspecified atom stereocenters. The summed E-state index contributed by atoms with van der Waals surface area (Å²) in [5.41, 5.74) is 0.118. The van der Waals surface area contributed by atoms with Gasteiger partial charge in [-0.05, 0) is 44.2 Å². The standard InChI is InChI=1S/C16H16F2N2O2/c1-3-20(4-2)16(22)11-6-8-14(19-15(11)21)10-5-7-12(17)13(18)9-10/h5-9H,3-4H2,1-2H3,(H,19,21). The van der Waals surface area contributed by atoms with Gasteiger partial charge >= 0.3 is 0 Å². The van der Waals surface area contributed by atoms with Gasteiger partial charge in [-0.1, -0.05) is 0 Å². The summed E-state index contributed by atoms with van der Waals surface area (Å²) in [7, 11) is 0. The minimum absolute atomic E-state index is 0.0232. The molecule has 116 valence electrons. The number of benzene rings is 1. The topological polar surface area (TPSA) is 53.2 Å². The van der Waals surface area contributed by atoms with Crippen LogP contribution in [0.15, 0.2) is 35.1 Å². The summed E-state index contributed by atoms with van der Waals surface area (Å²) in [5, 5.41) is 0. The van der Waals surface area contributed by atoms with Gasteiger partial charge < -0.3 is 9.88 Å². The molecule has 2 rings (SSSR count). The molecule has 0 aliphatic heterocycles. The zero-order chi connectivity index (χ0) is 16.3. The fraction of sp³-hybridized carbons (Fsp3) is 0.250. The molecule has 2 aromatic rings. The Hall–Kier alpha value is -2.50. The Balaban J connectivity index is 2.39. The molecule has 1 aromatic carbocycles. The highest BCUT2D eigenvalue weighted by Crippen LogP contribution is 2.19. The summed E-state index contributed by atoms with van der Waals surface area (Å²) in [5.74, 6) is -2.32. The van der Waals surface area contributed by atoms with Crippen LogP contribution in [-0.2, 0) is 0 Å². The first-order chi connectivity index (χ1) is 10.5. The van der Waals surface area contributed by atoms with Gasteiger partial charge in [0.1, 0.15) is 5.56 Å². The molecule has 0 bridgehead atoms. The zero-order valence-corrected chi connectivity index (χ0v) is 12.3. The molecule has 1 aromatic heterocycles. The third-order valence-electron chi connectivity index (χ3n) is 3.42. The second-order valence-electron chi connectivity index (χ2n) is 4.72. The molecule has 0 saturated heterocycles. The lowest BCUT2D eigenvalue weighted by atomic mass is 10.1. The van der Waals surface area contributed by atoms with Gasteiger partial charge in [-0.25, -0.2) is 8.78 Å². The van der Waals surface area contributed by atoms with Crippen molar-refractivity contribution in [3.05, 3.63) is 57.9 Å². The Labute approximate surface area is 126 Å². The van der Waals surface area contributed by atoms with E-state index in [9.17, 15) is 18.4 Å². The van der Waals surface area contributed by atoms with Crippen molar-refractivity contribution < 1.29 is 13.6 Å². The van der Waals surface area contributed by atoms with Gasteiger partial charge in [0.25, 0.3) is 11.5 Å². The van der Waals surface area contributed by atoms with Crippen LogP contribution in [0.2, 0.25) is 0 Å². The first-order valence-corrected chi connectivity index (χ1v) is 6.96. The number of rotatable bonds is 4. The highest BCUT2D eigenvalue weighted by molar-refractivity contribution is 5.94. The van der Waals surface area contributed by atoms with E-state index in [1.807, 2.05) is 13.8 Å². The van der Waals surface area contributed by atoms with Crippen molar-refractivity contribution >= 4 is 5.91 Å². The molecule has 0 spiro atoms. The van der Waals surface area contributed by atoms with Crippen LogP contribution in [0.4, 0.5) is 8.78 Å². The Morgan fingerprint density at radius 1 is 1.09 bits per heavy atom. The maximum Gasteiger partial charge on any atom is 0.261 e. The van der Waals surface area contributed by atoms with Crippen LogP contribution in [0.1, 0.15) is 24.2 Å². The average Bonchev–Trinajstić information content (AvgIpc) is 2.51. The Morgan fingerprint density at radius 2 is 1.77 bits per heavy atom. The van der Waals surface area contributed by atoms with Gasteiger partial charge in [0.15, 0.2) is 11.6 Å². The van der Waals surface area contributed by atoms with Crippen LogP contribution >= 0.6 is 0 Å². The normalized spacial score (nSPS) is 10.5. The van der Waals surface area contributed by atoms with E-state index in [-0.39, 0.29) is 11.5 Å². The SMILES string of the molecule is CCN(CC)C(=O)c1ccc(-c2ccc(F)c(F)c2)[nH]c1=O. The zero-order valence-electron chi connectivity index (χ0n) is 12.3. The number of halogens is 2. The highest BCUT2D eigenvalue weighted by atomic mass is 19.2. The van der Waals surface area contributed by atoms with E-state index >= 15 is 0 Å². The molecule has 1 heterocycles. The summed E-state index contributed by atoms with van der Waals surface area (Å²) in [6.07, 6.45) is 0. The van der Waals surface area contributed by atoms with E-state index in [1.54, 1.807) is 0 Å². The summed E-state index contributed by atoms with van der Waals surface area (Å²) >= 11 is 0. The number of hydrogen-bond donors (Lipinski definition) is 1. The molecule has 4 nitrogen and oxygen atoms in total. The third-order valence-corrected chi connectivity index (χ3v) is 3.42. The van der Waals surface area contributed by atoms with Gasteiger partial charge in [0, 0.05) is 24.3 Å². The van der Waals surface area contributed by atoms with Gasteiger partial charge in [0.05, 0.1) is 0 Å². The van der Waals surface area contributed by atoms with E-state index in [0.29, 0.717) is 24.3 Å². The predicted molar refractivity (Wildman–Crippen MR) is 79.7 cm³/mol. The monoisotopic (exact) mass is 306 g/mol. The van der Waals surface area contributed by atoms with E-state index in [1.165, 1.54) is 23.1 Å². The molecule has 22 heavy (non-hydrogen) atoms. The number of amides is 1. The summed E-state index contributed by atoms with van der Waals surface area (Å²) in [6.45, 7) is 4.65. The number of aromatic amines is 1. The predicted octanol–water partition coefficient (Wildman–Crippen LogP) is 2.80. The minimum Gasteiger partial charge on any atom is -0.339 e. The second kappa shape index (κ2) is 6.51. The van der Waals surface area contributed by atoms with Gasteiger partial charge in [-0.15, -0.1) is 0 Å². The number of pyridine rings is 1. The van der Waals surface area contributed by atoms with Crippen LogP contribution in [0.3, 0.4) is 0 Å². The van der Waals surface area contributed by atoms with Gasteiger partial charge in [0.2, 0.25) is 0 Å². The molecule has 0 saturated carbocycles. The van der Waals surface area contributed by atoms with Gasteiger partial charge in [-0.3, -0.25) is 9.59 Å². The summed E-state index contributed by atoms with van der Waals surface area (Å²) < 4.78 is 26.2. The molecule has 0 aliphatic rings. The van der Waals surface area contributed by atoms with Crippen molar-refractivity contribution in [1.29, 1.82) is 0 Å². The quantitative estimate of drug-likeness (QED) is 0.944. The molecule has 1 N–H and O–H groups in total. The number of hydrogen-bond acceptors (Lipinski definition) is 2. The molecular weight excluding hydrogens is 290 g/mol. The first-order valence-electron chi connectivity index (χ1n) is 6.96. The number of aromatic nitrogens is 1. The van der Waals surface area contributed by atoms with Crippen LogP contribution in [0.25, 0.3) is 11.3 Å². The molecular formula is C16H16F2N2O2. The molecule has 0 aliphatic carbocycles. The molecule has 0 atom stereocenters. The number of H-pyrrole nitrogens is 1. The highest BCUT2D eigenvalue weighted by Gasteiger charge is 2.16. The first kappa shape index (κ1) is 15.9. The average molecular weight is 306 g/mol. The number of carbonyl (C=O) groups is 1. The van der Waals surface area contributed by atoms with Crippen molar-refractivity contribution in [2.75, 3.05) is 13.1 Å². The molecule has 6 heteroatoms. The summed E-state index contributed by atoms with van der Waals surface area (Å²) in [6, 6.07) is 6.24. The van der Waals surface area contributed by atoms with E-state index in [2.05, 4.69) is 4.98 Å². The minimum atomic E-state index is -0.998. The van der Waals surface area contributed by atoms with Crippen molar-refractivity contribution in [3.8, 4) is 11.3 Å². The maximum atomic E-state index is 13.2. The van der Waals surface area contributed by atoms with Crippen molar-refractivity contribution in [1.82, 2.24) is 9.88 Å². The Kier molecular flexibility index (Phi) is 4.70. The van der Waals surface area contributed by atoms with Crippen molar-refractivity contribution in [2.45, 2.75) is 13.8 Å². The lowest BCUT2D eigenvalue weighted by Gasteiger charge is -2.18. The lowest BCUT2D eigenvalue weighted by molar-refractivity contribution is 0.0771. The van der Waals surface area contributed by atoms with Crippen LogP contribution in [0, 0.1) is 11.6 Å². The fourth-order valence-corrected chi connectivity index (χ4v) is 2.16. The largest absolute Gasteiger partial charge is 0.339 e.